The highest BCUT2D eigenvalue weighted by molar-refractivity contribution is 9.10. The van der Waals surface area contributed by atoms with Crippen molar-refractivity contribution in [2.75, 3.05) is 7.11 Å². The molecule has 2 aromatic rings. The second-order valence-electron chi connectivity index (χ2n) is 4.34. The van der Waals surface area contributed by atoms with Crippen molar-refractivity contribution in [3.05, 3.63) is 63.6 Å². The van der Waals surface area contributed by atoms with Gasteiger partial charge in [-0.1, -0.05) is 53.2 Å². The highest BCUT2D eigenvalue weighted by Crippen LogP contribution is 2.32. The molecule has 0 fully saturated rings. The molecule has 0 aromatic heterocycles. The van der Waals surface area contributed by atoms with Crippen molar-refractivity contribution in [1.29, 1.82) is 0 Å². The average molecular weight is 321 g/mol. The van der Waals surface area contributed by atoms with Gasteiger partial charge in [-0.05, 0) is 35.2 Å². The second kappa shape index (κ2) is 6.22. The summed E-state index contributed by atoms with van der Waals surface area (Å²) in [5, 5.41) is 10.6. The molecule has 0 aliphatic heterocycles. The average Bonchev–Trinajstić information content (AvgIpc) is 2.46. The first-order valence-electron chi connectivity index (χ1n) is 6.26. The van der Waals surface area contributed by atoms with Gasteiger partial charge in [0, 0.05) is 4.47 Å². The molecule has 1 unspecified atom stereocenters. The van der Waals surface area contributed by atoms with E-state index in [0.717, 1.165) is 33.3 Å². The maximum Gasteiger partial charge on any atom is 0.120 e. The van der Waals surface area contributed by atoms with E-state index in [1.807, 2.05) is 36.4 Å². The number of aryl methyl sites for hydroxylation is 1. The van der Waals surface area contributed by atoms with Gasteiger partial charge < -0.3 is 9.84 Å². The number of benzene rings is 2. The summed E-state index contributed by atoms with van der Waals surface area (Å²) in [5.41, 5.74) is 2.97. The summed E-state index contributed by atoms with van der Waals surface area (Å²) in [6, 6.07) is 13.6. The summed E-state index contributed by atoms with van der Waals surface area (Å²) in [5.74, 6) is 0.770. The fourth-order valence-electron chi connectivity index (χ4n) is 2.15. The highest BCUT2D eigenvalue weighted by Gasteiger charge is 2.16. The predicted molar refractivity (Wildman–Crippen MR) is 80.6 cm³/mol. The Morgan fingerprint density at radius 3 is 2.53 bits per heavy atom. The van der Waals surface area contributed by atoms with E-state index in [2.05, 4.69) is 28.9 Å². The lowest BCUT2D eigenvalue weighted by molar-refractivity contribution is 0.218. The third kappa shape index (κ3) is 2.99. The molecule has 1 N–H and O–H groups in total. The van der Waals surface area contributed by atoms with E-state index < -0.39 is 6.10 Å². The van der Waals surface area contributed by atoms with Crippen molar-refractivity contribution in [2.45, 2.75) is 19.4 Å². The van der Waals surface area contributed by atoms with E-state index in [1.165, 1.54) is 0 Å². The van der Waals surface area contributed by atoms with Gasteiger partial charge in [-0.25, -0.2) is 0 Å². The lowest BCUT2D eigenvalue weighted by Crippen LogP contribution is -2.04. The van der Waals surface area contributed by atoms with Gasteiger partial charge in [-0.3, -0.25) is 0 Å². The Hall–Kier alpha value is -1.32. The van der Waals surface area contributed by atoms with Crippen LogP contribution in [0.1, 0.15) is 29.7 Å². The van der Waals surface area contributed by atoms with Crippen molar-refractivity contribution in [3.63, 3.8) is 0 Å². The number of halogens is 1. The molecule has 0 heterocycles. The van der Waals surface area contributed by atoms with E-state index in [1.54, 1.807) is 7.11 Å². The lowest BCUT2D eigenvalue weighted by atomic mass is 9.95. The number of ether oxygens (including phenoxy) is 1. The van der Waals surface area contributed by atoms with Gasteiger partial charge in [-0.15, -0.1) is 0 Å². The molecular weight excluding hydrogens is 304 g/mol. The lowest BCUT2D eigenvalue weighted by Gasteiger charge is -2.17. The summed E-state index contributed by atoms with van der Waals surface area (Å²) in [6.45, 7) is 2.09. The van der Waals surface area contributed by atoms with Crippen LogP contribution < -0.4 is 4.74 Å². The molecule has 2 nitrogen and oxygen atoms in total. The first-order valence-corrected chi connectivity index (χ1v) is 7.06. The standard InChI is InChI=1S/C16H17BrO2/c1-3-11-6-4-5-7-13(11)16(18)14-9-8-12(19-2)10-15(14)17/h4-10,16,18H,3H2,1-2H3. The van der Waals surface area contributed by atoms with Crippen LogP contribution in [0.5, 0.6) is 5.75 Å². The summed E-state index contributed by atoms with van der Waals surface area (Å²) in [7, 11) is 1.63. The zero-order chi connectivity index (χ0) is 13.8. The Bertz CT molecular complexity index is 566. The highest BCUT2D eigenvalue weighted by atomic mass is 79.9. The minimum absolute atomic E-state index is 0.628. The Morgan fingerprint density at radius 2 is 1.89 bits per heavy atom. The van der Waals surface area contributed by atoms with Gasteiger partial charge >= 0.3 is 0 Å². The molecule has 0 radical (unpaired) electrons. The third-order valence-electron chi connectivity index (χ3n) is 3.23. The summed E-state index contributed by atoms with van der Waals surface area (Å²) in [4.78, 5) is 0. The number of rotatable bonds is 4. The van der Waals surface area contributed by atoms with Crippen LogP contribution in [0.2, 0.25) is 0 Å². The smallest absolute Gasteiger partial charge is 0.120 e. The fourth-order valence-corrected chi connectivity index (χ4v) is 2.72. The molecule has 2 rings (SSSR count). The molecule has 19 heavy (non-hydrogen) atoms. The molecule has 0 aliphatic carbocycles. The quantitative estimate of drug-likeness (QED) is 0.918. The van der Waals surface area contributed by atoms with Crippen molar-refractivity contribution in [1.82, 2.24) is 0 Å². The van der Waals surface area contributed by atoms with Crippen molar-refractivity contribution in [2.24, 2.45) is 0 Å². The molecular formula is C16H17BrO2. The molecule has 100 valence electrons. The van der Waals surface area contributed by atoms with Gasteiger partial charge in [0.15, 0.2) is 0 Å². The Labute approximate surface area is 122 Å². The zero-order valence-corrected chi connectivity index (χ0v) is 12.6. The third-order valence-corrected chi connectivity index (χ3v) is 3.92. The van der Waals surface area contributed by atoms with Gasteiger partial charge in [0.05, 0.1) is 7.11 Å². The zero-order valence-electron chi connectivity index (χ0n) is 11.1. The van der Waals surface area contributed by atoms with Crippen LogP contribution in [0.25, 0.3) is 0 Å². The van der Waals surface area contributed by atoms with Crippen molar-refractivity contribution in [3.8, 4) is 5.75 Å². The first kappa shape index (κ1) is 14.1. The number of aliphatic hydroxyl groups excluding tert-OH is 1. The minimum Gasteiger partial charge on any atom is -0.497 e. The topological polar surface area (TPSA) is 29.5 Å². The molecule has 3 heteroatoms. The van der Waals surface area contributed by atoms with Gasteiger partial charge in [0.1, 0.15) is 11.9 Å². The van der Waals surface area contributed by atoms with Crippen LogP contribution in [-0.4, -0.2) is 12.2 Å². The van der Waals surface area contributed by atoms with Gasteiger partial charge in [-0.2, -0.15) is 0 Å². The Balaban J connectivity index is 2.41. The minimum atomic E-state index is -0.628. The first-order chi connectivity index (χ1) is 9.17. The normalized spacial score (nSPS) is 12.2. The van der Waals surface area contributed by atoms with Crippen LogP contribution in [0.15, 0.2) is 46.9 Å². The summed E-state index contributed by atoms with van der Waals surface area (Å²) in [6.07, 6.45) is 0.275. The summed E-state index contributed by atoms with van der Waals surface area (Å²) >= 11 is 3.49. The Kier molecular flexibility index (Phi) is 4.61. The fraction of sp³-hybridized carbons (Fsp3) is 0.250. The molecule has 0 spiro atoms. The number of hydrogen-bond acceptors (Lipinski definition) is 2. The van der Waals surface area contributed by atoms with E-state index in [0.29, 0.717) is 0 Å². The van der Waals surface area contributed by atoms with Crippen LogP contribution in [-0.2, 0) is 6.42 Å². The maximum atomic E-state index is 10.6. The second-order valence-corrected chi connectivity index (χ2v) is 5.20. The molecule has 0 saturated heterocycles. The van der Waals surface area contributed by atoms with Crippen LogP contribution in [0, 0.1) is 0 Å². The number of aliphatic hydroxyl groups is 1. The van der Waals surface area contributed by atoms with Crippen LogP contribution in [0.4, 0.5) is 0 Å². The van der Waals surface area contributed by atoms with Crippen molar-refractivity contribution >= 4 is 15.9 Å². The van der Waals surface area contributed by atoms with Gasteiger partial charge in [0.2, 0.25) is 0 Å². The Morgan fingerprint density at radius 1 is 1.16 bits per heavy atom. The van der Waals surface area contributed by atoms with E-state index in [9.17, 15) is 5.11 Å². The van der Waals surface area contributed by atoms with E-state index in [4.69, 9.17) is 4.74 Å². The molecule has 0 bridgehead atoms. The molecule has 0 saturated carbocycles. The number of methoxy groups -OCH3 is 1. The van der Waals surface area contributed by atoms with Gasteiger partial charge in [0.25, 0.3) is 0 Å². The maximum absolute atomic E-state index is 10.6. The van der Waals surface area contributed by atoms with E-state index in [-0.39, 0.29) is 0 Å². The number of hydrogen-bond donors (Lipinski definition) is 1. The van der Waals surface area contributed by atoms with Crippen molar-refractivity contribution < 1.29 is 9.84 Å². The van der Waals surface area contributed by atoms with Crippen LogP contribution in [0.3, 0.4) is 0 Å². The SMILES string of the molecule is CCc1ccccc1C(O)c1ccc(OC)cc1Br. The van der Waals surface area contributed by atoms with E-state index >= 15 is 0 Å². The largest absolute Gasteiger partial charge is 0.497 e. The predicted octanol–water partition coefficient (Wildman–Crippen LogP) is 4.10. The molecule has 0 aliphatic rings. The molecule has 0 amide bonds. The van der Waals surface area contributed by atoms with Crippen LogP contribution >= 0.6 is 15.9 Å². The monoisotopic (exact) mass is 320 g/mol. The molecule has 1 atom stereocenters. The molecule has 2 aromatic carbocycles. The summed E-state index contributed by atoms with van der Waals surface area (Å²) < 4.78 is 6.02.